The highest BCUT2D eigenvalue weighted by Crippen LogP contribution is 2.43. The molecule has 202 valence electrons. The third-order valence-electron chi connectivity index (χ3n) is 9.60. The van der Waals surface area contributed by atoms with Crippen molar-refractivity contribution in [2.45, 2.75) is 143 Å². The van der Waals surface area contributed by atoms with E-state index in [1.165, 1.54) is 11.1 Å². The van der Waals surface area contributed by atoms with Crippen LogP contribution >= 0.6 is 0 Å². The van der Waals surface area contributed by atoms with Gasteiger partial charge < -0.3 is 10.2 Å². The molecule has 2 atom stereocenters. The highest BCUT2D eigenvalue weighted by molar-refractivity contribution is 5.45. The van der Waals surface area contributed by atoms with Crippen LogP contribution in [0.15, 0.2) is 36.4 Å². The van der Waals surface area contributed by atoms with Gasteiger partial charge in [-0.25, -0.2) is 0 Å². The highest BCUT2D eigenvalue weighted by atomic mass is 16.3. The Bertz CT molecular complexity index is 942. The van der Waals surface area contributed by atoms with Crippen molar-refractivity contribution in [1.29, 1.82) is 0 Å². The molecule has 2 unspecified atom stereocenters. The molecule has 2 N–H and O–H groups in total. The van der Waals surface area contributed by atoms with Crippen LogP contribution in [0.2, 0.25) is 0 Å². The van der Waals surface area contributed by atoms with Gasteiger partial charge in [0.2, 0.25) is 0 Å². The van der Waals surface area contributed by atoms with Crippen LogP contribution in [-0.4, -0.2) is 10.2 Å². The second-order valence-corrected chi connectivity index (χ2v) is 13.4. The zero-order valence-electron chi connectivity index (χ0n) is 25.3. The van der Waals surface area contributed by atoms with Crippen LogP contribution in [0.3, 0.4) is 0 Å². The van der Waals surface area contributed by atoms with Gasteiger partial charge in [-0.2, -0.15) is 0 Å². The number of rotatable bonds is 11. The molecule has 0 saturated carbocycles. The lowest BCUT2D eigenvalue weighted by Crippen LogP contribution is -2.26. The van der Waals surface area contributed by atoms with Crippen molar-refractivity contribution >= 4 is 0 Å². The van der Waals surface area contributed by atoms with Crippen molar-refractivity contribution < 1.29 is 10.2 Å². The number of aliphatic hydroxyl groups is 2. The molecule has 0 aliphatic rings. The highest BCUT2D eigenvalue weighted by Gasteiger charge is 2.34. The molecule has 0 heterocycles. The number of aliphatic hydroxyl groups excluding tert-OH is 2. The van der Waals surface area contributed by atoms with E-state index in [0.29, 0.717) is 0 Å². The van der Waals surface area contributed by atoms with Gasteiger partial charge in [0.25, 0.3) is 0 Å². The number of hydrogen-bond acceptors (Lipinski definition) is 2. The summed E-state index contributed by atoms with van der Waals surface area (Å²) < 4.78 is 0. The summed E-state index contributed by atoms with van der Waals surface area (Å²) in [6, 6.07) is 13.0. The fraction of sp³-hybridized carbons (Fsp3) is 0.647. The molecule has 0 aliphatic heterocycles. The average Bonchev–Trinajstić information content (AvgIpc) is 2.86. The summed E-state index contributed by atoms with van der Waals surface area (Å²) in [5.41, 5.74) is 6.39. The molecule has 0 aromatic heterocycles. The normalized spacial score (nSPS) is 15.2. The van der Waals surface area contributed by atoms with Crippen LogP contribution in [0.4, 0.5) is 0 Å². The lowest BCUT2D eigenvalue weighted by atomic mass is 9.72. The predicted octanol–water partition coefficient (Wildman–Crippen LogP) is 9.20. The minimum atomic E-state index is -0.999. The molecule has 0 saturated heterocycles. The standard InChI is InChI=1S/C34H54O2/c1-13-31(5,6)23-17-19-25(27(21-23)33(9,10)15-3)29(35)30(36)26-20-18-24(32(7,8)14-2)22-28(26)34(11,12)16-4/h17-22,29-30,35-36H,13-16H2,1-12H3. The molecule has 0 aliphatic carbocycles. The summed E-state index contributed by atoms with van der Waals surface area (Å²) in [5, 5.41) is 23.4. The Morgan fingerprint density at radius 2 is 0.778 bits per heavy atom. The molecular formula is C34H54O2. The fourth-order valence-electron chi connectivity index (χ4n) is 4.77. The Balaban J connectivity index is 2.70. The first-order chi connectivity index (χ1) is 16.5. The van der Waals surface area contributed by atoms with Crippen LogP contribution in [0.25, 0.3) is 0 Å². The molecule has 0 fully saturated rings. The minimum Gasteiger partial charge on any atom is -0.385 e. The van der Waals surface area contributed by atoms with E-state index in [0.717, 1.165) is 47.9 Å². The maximum absolute atomic E-state index is 11.7. The van der Waals surface area contributed by atoms with Crippen molar-refractivity contribution in [1.82, 2.24) is 0 Å². The maximum Gasteiger partial charge on any atom is 0.109 e. The zero-order valence-corrected chi connectivity index (χ0v) is 25.3. The molecule has 36 heavy (non-hydrogen) atoms. The summed E-state index contributed by atoms with van der Waals surface area (Å²) in [5.74, 6) is 0. The van der Waals surface area contributed by atoms with E-state index in [1.807, 2.05) is 0 Å². The molecule has 2 aromatic rings. The third-order valence-corrected chi connectivity index (χ3v) is 9.60. The van der Waals surface area contributed by atoms with Gasteiger partial charge in [0.1, 0.15) is 12.2 Å². The first kappa shape index (κ1) is 30.6. The number of benzene rings is 2. The lowest BCUT2D eigenvalue weighted by Gasteiger charge is -2.35. The first-order valence-corrected chi connectivity index (χ1v) is 14.1. The van der Waals surface area contributed by atoms with Gasteiger partial charge in [0, 0.05) is 0 Å². The van der Waals surface area contributed by atoms with Crippen molar-refractivity contribution in [2.75, 3.05) is 0 Å². The van der Waals surface area contributed by atoms with Crippen molar-refractivity contribution in [3.8, 4) is 0 Å². The molecule has 2 nitrogen and oxygen atoms in total. The van der Waals surface area contributed by atoms with E-state index in [-0.39, 0.29) is 21.7 Å². The van der Waals surface area contributed by atoms with Gasteiger partial charge in [0.05, 0.1) is 0 Å². The predicted molar refractivity (Wildman–Crippen MR) is 156 cm³/mol. The van der Waals surface area contributed by atoms with Gasteiger partial charge in [-0.1, -0.05) is 119 Å². The van der Waals surface area contributed by atoms with Crippen LogP contribution in [0.1, 0.15) is 154 Å². The van der Waals surface area contributed by atoms with Crippen molar-refractivity contribution in [3.63, 3.8) is 0 Å². The summed E-state index contributed by atoms with van der Waals surface area (Å²) in [4.78, 5) is 0. The van der Waals surface area contributed by atoms with E-state index in [4.69, 9.17) is 0 Å². The molecule has 0 amide bonds. The summed E-state index contributed by atoms with van der Waals surface area (Å²) in [6.07, 6.45) is 1.99. The summed E-state index contributed by atoms with van der Waals surface area (Å²) in [7, 11) is 0. The Hall–Kier alpha value is -1.64. The molecule has 2 heteroatoms. The molecule has 0 radical (unpaired) electrons. The Morgan fingerprint density at radius 1 is 0.500 bits per heavy atom. The maximum atomic E-state index is 11.7. The fourth-order valence-corrected chi connectivity index (χ4v) is 4.77. The molecule has 0 bridgehead atoms. The molecular weight excluding hydrogens is 440 g/mol. The van der Waals surface area contributed by atoms with E-state index < -0.39 is 12.2 Å². The lowest BCUT2D eigenvalue weighted by molar-refractivity contribution is 0.0150. The first-order valence-electron chi connectivity index (χ1n) is 14.1. The van der Waals surface area contributed by atoms with E-state index in [1.54, 1.807) is 0 Å². The second kappa shape index (κ2) is 11.0. The van der Waals surface area contributed by atoms with E-state index in [9.17, 15) is 10.2 Å². The van der Waals surface area contributed by atoms with Crippen molar-refractivity contribution in [3.05, 3.63) is 69.8 Å². The Morgan fingerprint density at radius 3 is 1.03 bits per heavy atom. The monoisotopic (exact) mass is 494 g/mol. The van der Waals surface area contributed by atoms with Crippen LogP contribution in [0, 0.1) is 0 Å². The molecule has 0 spiro atoms. The number of hydrogen-bond donors (Lipinski definition) is 2. The van der Waals surface area contributed by atoms with Crippen molar-refractivity contribution in [2.24, 2.45) is 0 Å². The van der Waals surface area contributed by atoms with E-state index >= 15 is 0 Å². The second-order valence-electron chi connectivity index (χ2n) is 13.4. The summed E-state index contributed by atoms with van der Waals surface area (Å²) in [6.45, 7) is 26.9. The Kier molecular flexibility index (Phi) is 9.34. The van der Waals surface area contributed by atoms with Crippen LogP contribution in [0.5, 0.6) is 0 Å². The topological polar surface area (TPSA) is 40.5 Å². The zero-order chi connectivity index (χ0) is 27.7. The average molecular weight is 495 g/mol. The SMILES string of the molecule is CCC(C)(C)c1ccc(C(O)C(O)c2ccc(C(C)(C)CC)cc2C(C)(C)CC)c(C(C)(C)CC)c1. The van der Waals surface area contributed by atoms with Crippen LogP contribution in [-0.2, 0) is 21.7 Å². The molecule has 2 rings (SSSR count). The van der Waals surface area contributed by atoms with Gasteiger partial charge in [-0.3, -0.25) is 0 Å². The van der Waals surface area contributed by atoms with Gasteiger partial charge in [-0.15, -0.1) is 0 Å². The molecule has 2 aromatic carbocycles. The van der Waals surface area contributed by atoms with Gasteiger partial charge in [0.15, 0.2) is 0 Å². The summed E-state index contributed by atoms with van der Waals surface area (Å²) >= 11 is 0. The minimum absolute atomic E-state index is 0.0564. The van der Waals surface area contributed by atoms with Crippen LogP contribution < -0.4 is 0 Å². The van der Waals surface area contributed by atoms with Gasteiger partial charge >= 0.3 is 0 Å². The van der Waals surface area contributed by atoms with E-state index in [2.05, 4.69) is 119 Å². The smallest absolute Gasteiger partial charge is 0.109 e. The largest absolute Gasteiger partial charge is 0.385 e. The quantitative estimate of drug-likeness (QED) is 0.327. The van der Waals surface area contributed by atoms with Gasteiger partial charge in [-0.05, 0) is 80.7 Å². The third kappa shape index (κ3) is 6.08. The Labute approximate surface area is 222 Å².